The summed E-state index contributed by atoms with van der Waals surface area (Å²) in [7, 11) is 1.59. The van der Waals surface area contributed by atoms with Crippen LogP contribution in [-0.2, 0) is 0 Å². The van der Waals surface area contributed by atoms with Crippen molar-refractivity contribution in [2.75, 3.05) is 7.11 Å². The van der Waals surface area contributed by atoms with Gasteiger partial charge in [0.05, 0.1) is 23.2 Å². The van der Waals surface area contributed by atoms with Crippen molar-refractivity contribution in [3.05, 3.63) is 52.5 Å². The molecule has 2 rings (SSSR count). The van der Waals surface area contributed by atoms with E-state index in [1.165, 1.54) is 0 Å². The van der Waals surface area contributed by atoms with E-state index in [0.717, 1.165) is 4.47 Å². The fourth-order valence-corrected chi connectivity index (χ4v) is 1.93. The molecule has 0 N–H and O–H groups in total. The first kappa shape index (κ1) is 12.5. The van der Waals surface area contributed by atoms with Gasteiger partial charge in [0.25, 0.3) is 0 Å². The van der Waals surface area contributed by atoms with E-state index in [4.69, 9.17) is 14.7 Å². The summed E-state index contributed by atoms with van der Waals surface area (Å²) in [6.07, 6.45) is 0. The molecule has 0 radical (unpaired) electrons. The molecule has 0 aliphatic rings. The van der Waals surface area contributed by atoms with Crippen molar-refractivity contribution in [3.8, 4) is 23.3 Å². The highest BCUT2D eigenvalue weighted by atomic mass is 79.9. The van der Waals surface area contributed by atoms with Crippen LogP contribution in [0.2, 0.25) is 0 Å². The van der Waals surface area contributed by atoms with Crippen molar-refractivity contribution in [2.24, 2.45) is 0 Å². The van der Waals surface area contributed by atoms with Crippen LogP contribution in [0.1, 0.15) is 5.56 Å². The molecular formula is C14H10BrNO2. The molecule has 0 saturated heterocycles. The summed E-state index contributed by atoms with van der Waals surface area (Å²) in [4.78, 5) is 0. The number of nitrogens with zero attached hydrogens (tertiary/aromatic N) is 1. The molecule has 2 aromatic rings. The summed E-state index contributed by atoms with van der Waals surface area (Å²) in [5.41, 5.74) is 0.578. The van der Waals surface area contributed by atoms with Crippen LogP contribution in [0.15, 0.2) is 46.9 Å². The van der Waals surface area contributed by atoms with Crippen LogP contribution in [0, 0.1) is 11.3 Å². The Morgan fingerprint density at radius 3 is 2.39 bits per heavy atom. The molecule has 3 nitrogen and oxygen atoms in total. The van der Waals surface area contributed by atoms with Crippen molar-refractivity contribution < 1.29 is 9.47 Å². The van der Waals surface area contributed by atoms with Gasteiger partial charge in [0.2, 0.25) is 0 Å². The van der Waals surface area contributed by atoms with E-state index in [2.05, 4.69) is 22.0 Å². The van der Waals surface area contributed by atoms with Gasteiger partial charge < -0.3 is 9.47 Å². The van der Waals surface area contributed by atoms with Crippen LogP contribution in [-0.4, -0.2) is 7.11 Å². The maximum atomic E-state index is 8.79. The number of halogens is 1. The monoisotopic (exact) mass is 303 g/mol. The van der Waals surface area contributed by atoms with Gasteiger partial charge in [-0.05, 0) is 46.3 Å². The smallest absolute Gasteiger partial charge is 0.169 e. The zero-order valence-electron chi connectivity index (χ0n) is 9.68. The number of hydrogen-bond acceptors (Lipinski definition) is 3. The molecule has 0 bridgehead atoms. The SMILES string of the molecule is COc1ccccc1Oc1ccc(C#N)cc1Br. The van der Waals surface area contributed by atoms with Gasteiger partial charge in [-0.15, -0.1) is 0 Å². The molecule has 0 saturated carbocycles. The lowest BCUT2D eigenvalue weighted by molar-refractivity contribution is 0.378. The minimum absolute atomic E-state index is 0.578. The van der Waals surface area contributed by atoms with E-state index in [1.807, 2.05) is 24.3 Å². The Balaban J connectivity index is 2.32. The molecule has 0 spiro atoms. The molecule has 0 fully saturated rings. The van der Waals surface area contributed by atoms with E-state index in [9.17, 15) is 0 Å². The third-order valence-corrected chi connectivity index (χ3v) is 2.97. The van der Waals surface area contributed by atoms with E-state index >= 15 is 0 Å². The predicted molar refractivity (Wildman–Crippen MR) is 71.9 cm³/mol. The van der Waals surface area contributed by atoms with E-state index in [0.29, 0.717) is 22.8 Å². The van der Waals surface area contributed by atoms with Crippen molar-refractivity contribution in [3.63, 3.8) is 0 Å². The maximum Gasteiger partial charge on any atom is 0.169 e. The standard InChI is InChI=1S/C14H10BrNO2/c1-17-13-4-2-3-5-14(13)18-12-7-6-10(9-16)8-11(12)15/h2-8H,1H3. The first-order chi connectivity index (χ1) is 8.74. The molecule has 18 heavy (non-hydrogen) atoms. The lowest BCUT2D eigenvalue weighted by Gasteiger charge is -2.11. The van der Waals surface area contributed by atoms with Crippen molar-refractivity contribution in [2.45, 2.75) is 0 Å². The van der Waals surface area contributed by atoms with Gasteiger partial charge in [-0.1, -0.05) is 12.1 Å². The molecule has 0 atom stereocenters. The Hall–Kier alpha value is -1.99. The molecule has 0 unspecified atom stereocenters. The zero-order valence-corrected chi connectivity index (χ0v) is 11.3. The van der Waals surface area contributed by atoms with Gasteiger partial charge in [0, 0.05) is 0 Å². The highest BCUT2D eigenvalue weighted by Gasteiger charge is 2.07. The van der Waals surface area contributed by atoms with Crippen LogP contribution < -0.4 is 9.47 Å². The average molecular weight is 304 g/mol. The third kappa shape index (κ3) is 2.63. The predicted octanol–water partition coefficient (Wildman–Crippen LogP) is 4.12. The fourth-order valence-electron chi connectivity index (χ4n) is 1.47. The number of rotatable bonds is 3. The van der Waals surface area contributed by atoms with Crippen molar-refractivity contribution in [1.29, 1.82) is 5.26 Å². The minimum atomic E-state index is 0.578. The quantitative estimate of drug-likeness (QED) is 0.856. The molecule has 4 heteroatoms. The molecule has 2 aromatic carbocycles. The number of methoxy groups -OCH3 is 1. The van der Waals surface area contributed by atoms with Crippen molar-refractivity contribution in [1.82, 2.24) is 0 Å². The Labute approximate surface area is 114 Å². The highest BCUT2D eigenvalue weighted by Crippen LogP contribution is 2.35. The number of para-hydroxylation sites is 2. The molecule has 0 aromatic heterocycles. The summed E-state index contributed by atoms with van der Waals surface area (Å²) in [6, 6.07) is 14.6. The number of ether oxygens (including phenoxy) is 2. The van der Waals surface area contributed by atoms with Gasteiger partial charge in [-0.2, -0.15) is 5.26 Å². The fraction of sp³-hybridized carbons (Fsp3) is 0.0714. The van der Waals surface area contributed by atoms with Crippen LogP contribution in [0.3, 0.4) is 0 Å². The Morgan fingerprint density at radius 2 is 1.78 bits per heavy atom. The molecule has 90 valence electrons. The number of nitriles is 1. The summed E-state index contributed by atoms with van der Waals surface area (Å²) < 4.78 is 11.7. The molecule has 0 amide bonds. The normalized spacial score (nSPS) is 9.61. The zero-order chi connectivity index (χ0) is 13.0. The lowest BCUT2D eigenvalue weighted by Crippen LogP contribution is -1.90. The van der Waals surface area contributed by atoms with Crippen LogP contribution >= 0.6 is 15.9 Å². The summed E-state index contributed by atoms with van der Waals surface area (Å²) in [5.74, 6) is 1.93. The molecule has 0 heterocycles. The second kappa shape index (κ2) is 5.56. The molecule has 0 aliphatic heterocycles. The van der Waals surface area contributed by atoms with E-state index in [-0.39, 0.29) is 0 Å². The van der Waals surface area contributed by atoms with Gasteiger partial charge in [0.1, 0.15) is 5.75 Å². The summed E-state index contributed by atoms with van der Waals surface area (Å²) in [5, 5.41) is 8.79. The second-order valence-electron chi connectivity index (χ2n) is 3.51. The first-order valence-corrected chi connectivity index (χ1v) is 6.04. The van der Waals surface area contributed by atoms with E-state index < -0.39 is 0 Å². The van der Waals surface area contributed by atoms with Gasteiger partial charge in [0.15, 0.2) is 11.5 Å². The van der Waals surface area contributed by atoms with Crippen LogP contribution in [0.4, 0.5) is 0 Å². The number of hydrogen-bond donors (Lipinski definition) is 0. The Bertz CT molecular complexity index is 605. The lowest BCUT2D eigenvalue weighted by atomic mass is 10.2. The topological polar surface area (TPSA) is 42.2 Å². The first-order valence-electron chi connectivity index (χ1n) is 5.25. The van der Waals surface area contributed by atoms with Gasteiger partial charge >= 0.3 is 0 Å². The molecular weight excluding hydrogens is 294 g/mol. The maximum absolute atomic E-state index is 8.79. The van der Waals surface area contributed by atoms with Gasteiger partial charge in [-0.3, -0.25) is 0 Å². The second-order valence-corrected chi connectivity index (χ2v) is 4.36. The van der Waals surface area contributed by atoms with Crippen LogP contribution in [0.25, 0.3) is 0 Å². The van der Waals surface area contributed by atoms with E-state index in [1.54, 1.807) is 25.3 Å². The highest BCUT2D eigenvalue weighted by molar-refractivity contribution is 9.10. The summed E-state index contributed by atoms with van der Waals surface area (Å²) in [6.45, 7) is 0. The minimum Gasteiger partial charge on any atom is -0.493 e. The molecule has 0 aliphatic carbocycles. The summed E-state index contributed by atoms with van der Waals surface area (Å²) >= 11 is 3.37. The number of benzene rings is 2. The Morgan fingerprint density at radius 1 is 1.06 bits per heavy atom. The van der Waals surface area contributed by atoms with Crippen LogP contribution in [0.5, 0.6) is 17.2 Å². The third-order valence-electron chi connectivity index (χ3n) is 2.35. The van der Waals surface area contributed by atoms with Crippen molar-refractivity contribution >= 4 is 15.9 Å². The Kier molecular flexibility index (Phi) is 3.85. The average Bonchev–Trinajstić information content (AvgIpc) is 2.41. The largest absolute Gasteiger partial charge is 0.493 e. The van der Waals surface area contributed by atoms with Gasteiger partial charge in [-0.25, -0.2) is 0 Å².